The van der Waals surface area contributed by atoms with Crippen LogP contribution in [0, 0.1) is 0 Å². The first kappa shape index (κ1) is 14.4. The van der Waals surface area contributed by atoms with Crippen molar-refractivity contribution in [2.45, 2.75) is 25.9 Å². The molecule has 0 aliphatic heterocycles. The Labute approximate surface area is 116 Å². The van der Waals surface area contributed by atoms with E-state index in [-0.39, 0.29) is 11.7 Å². The predicted octanol–water partition coefficient (Wildman–Crippen LogP) is 5.62. The van der Waals surface area contributed by atoms with Crippen LogP contribution in [0.2, 0.25) is 0 Å². The Morgan fingerprint density at radius 2 is 1.55 bits per heavy atom. The predicted molar refractivity (Wildman–Crippen MR) is 72.0 cm³/mol. The third kappa shape index (κ3) is 3.13. The Hall–Kier alpha value is -1.97. The van der Waals surface area contributed by atoms with Crippen molar-refractivity contribution >= 4 is 0 Å². The molecular weight excluding hydrogens is 265 g/mol. The molecule has 0 aliphatic carbocycles. The molecule has 0 unspecified atom stereocenters. The summed E-state index contributed by atoms with van der Waals surface area (Å²) < 4.78 is 44.9. The number of alkyl halides is 3. The summed E-state index contributed by atoms with van der Waals surface area (Å²) in [5.74, 6) is 0.225. The molecule has 0 saturated carbocycles. The minimum absolute atomic E-state index is 0.0592. The van der Waals surface area contributed by atoms with Gasteiger partial charge in [-0.3, -0.25) is 0 Å². The van der Waals surface area contributed by atoms with E-state index in [1.165, 1.54) is 6.07 Å². The van der Waals surface area contributed by atoms with E-state index in [4.69, 9.17) is 4.74 Å². The van der Waals surface area contributed by atoms with Gasteiger partial charge in [-0.1, -0.05) is 44.2 Å². The zero-order chi connectivity index (χ0) is 14.8. The Morgan fingerprint density at radius 1 is 0.900 bits per heavy atom. The number of hydrogen-bond acceptors (Lipinski definition) is 1. The number of hydrogen-bond donors (Lipinski definition) is 0. The topological polar surface area (TPSA) is 9.23 Å². The van der Waals surface area contributed by atoms with Crippen LogP contribution in [0.5, 0.6) is 11.5 Å². The van der Waals surface area contributed by atoms with Crippen LogP contribution in [0.25, 0.3) is 0 Å². The van der Waals surface area contributed by atoms with Gasteiger partial charge in [0.1, 0.15) is 11.5 Å². The highest BCUT2D eigenvalue weighted by Crippen LogP contribution is 2.42. The smallest absolute Gasteiger partial charge is 0.419 e. The fourth-order valence-corrected chi connectivity index (χ4v) is 1.95. The second kappa shape index (κ2) is 5.57. The van der Waals surface area contributed by atoms with Crippen molar-refractivity contribution in [3.05, 3.63) is 59.7 Å². The first-order valence-electron chi connectivity index (χ1n) is 6.32. The lowest BCUT2D eigenvalue weighted by Crippen LogP contribution is -2.09. The molecule has 1 nitrogen and oxygen atoms in total. The monoisotopic (exact) mass is 280 g/mol. The van der Waals surface area contributed by atoms with Crippen molar-refractivity contribution in [2.75, 3.05) is 0 Å². The zero-order valence-electron chi connectivity index (χ0n) is 11.2. The summed E-state index contributed by atoms with van der Waals surface area (Å²) in [6.45, 7) is 3.68. The Bertz CT molecular complexity index is 574. The molecular formula is C16H15F3O. The van der Waals surface area contributed by atoms with Gasteiger partial charge in [0.25, 0.3) is 0 Å². The third-order valence-corrected chi connectivity index (χ3v) is 2.94. The van der Waals surface area contributed by atoms with E-state index in [1.54, 1.807) is 36.4 Å². The van der Waals surface area contributed by atoms with E-state index in [9.17, 15) is 13.2 Å². The summed E-state index contributed by atoms with van der Waals surface area (Å²) in [4.78, 5) is 0. The molecule has 0 amide bonds. The molecule has 0 heterocycles. The second-order valence-corrected chi connectivity index (χ2v) is 4.79. The largest absolute Gasteiger partial charge is 0.456 e. The van der Waals surface area contributed by atoms with Crippen molar-refractivity contribution in [1.82, 2.24) is 0 Å². The molecule has 0 aliphatic rings. The van der Waals surface area contributed by atoms with E-state index >= 15 is 0 Å². The van der Waals surface area contributed by atoms with E-state index in [1.807, 2.05) is 13.8 Å². The van der Waals surface area contributed by atoms with Gasteiger partial charge in [-0.05, 0) is 29.7 Å². The Kier molecular flexibility index (Phi) is 4.02. The molecule has 0 N–H and O–H groups in total. The molecule has 2 aromatic rings. The van der Waals surface area contributed by atoms with Crippen LogP contribution >= 0.6 is 0 Å². The minimum atomic E-state index is -4.44. The molecule has 0 aromatic heterocycles. The molecule has 0 bridgehead atoms. The van der Waals surface area contributed by atoms with Gasteiger partial charge in [0.05, 0.1) is 5.56 Å². The number of ether oxygens (including phenoxy) is 1. The number of para-hydroxylation sites is 2. The first-order valence-corrected chi connectivity index (χ1v) is 6.32. The maximum absolute atomic E-state index is 13.1. The minimum Gasteiger partial charge on any atom is -0.456 e. The molecule has 0 radical (unpaired) electrons. The molecule has 2 rings (SSSR count). The molecule has 20 heavy (non-hydrogen) atoms. The fraction of sp³-hybridized carbons (Fsp3) is 0.250. The maximum Gasteiger partial charge on any atom is 0.419 e. The summed E-state index contributed by atoms with van der Waals surface area (Å²) in [6.07, 6.45) is -4.44. The first-order chi connectivity index (χ1) is 9.39. The van der Waals surface area contributed by atoms with Gasteiger partial charge in [0, 0.05) is 0 Å². The van der Waals surface area contributed by atoms with Gasteiger partial charge in [-0.25, -0.2) is 0 Å². The molecule has 0 saturated heterocycles. The summed E-state index contributed by atoms with van der Waals surface area (Å²) in [6, 6.07) is 12.6. The average Bonchev–Trinajstić information content (AvgIpc) is 2.38. The van der Waals surface area contributed by atoms with Crippen molar-refractivity contribution in [2.24, 2.45) is 0 Å². The average molecular weight is 280 g/mol. The third-order valence-electron chi connectivity index (χ3n) is 2.94. The molecule has 0 fully saturated rings. The number of benzene rings is 2. The molecule has 2 aromatic carbocycles. The maximum atomic E-state index is 13.1. The summed E-state index contributed by atoms with van der Waals surface area (Å²) in [5.41, 5.74) is -0.198. The summed E-state index contributed by atoms with van der Waals surface area (Å²) >= 11 is 0. The van der Waals surface area contributed by atoms with E-state index in [0.29, 0.717) is 11.3 Å². The van der Waals surface area contributed by atoms with Crippen molar-refractivity contribution in [3.8, 4) is 11.5 Å². The van der Waals surface area contributed by atoms with Crippen LogP contribution in [0.3, 0.4) is 0 Å². The molecule has 0 spiro atoms. The van der Waals surface area contributed by atoms with Crippen LogP contribution in [0.4, 0.5) is 13.2 Å². The van der Waals surface area contributed by atoms with Crippen LogP contribution in [0.15, 0.2) is 48.5 Å². The number of halogens is 3. The molecule has 4 heteroatoms. The van der Waals surface area contributed by atoms with Crippen LogP contribution in [-0.4, -0.2) is 0 Å². The lowest BCUT2D eigenvalue weighted by molar-refractivity contribution is -0.138. The van der Waals surface area contributed by atoms with Gasteiger partial charge >= 0.3 is 6.18 Å². The van der Waals surface area contributed by atoms with E-state index in [2.05, 4.69) is 0 Å². The molecule has 0 atom stereocenters. The Morgan fingerprint density at radius 3 is 2.10 bits per heavy atom. The van der Waals surface area contributed by atoms with Gasteiger partial charge in [0.2, 0.25) is 0 Å². The second-order valence-electron chi connectivity index (χ2n) is 4.79. The normalized spacial score (nSPS) is 11.7. The molecule has 106 valence electrons. The SMILES string of the molecule is CC(C)c1cccc(C(F)(F)F)c1Oc1ccccc1. The highest BCUT2D eigenvalue weighted by atomic mass is 19.4. The lowest BCUT2D eigenvalue weighted by Gasteiger charge is -2.19. The van der Waals surface area contributed by atoms with Gasteiger partial charge < -0.3 is 4.74 Å². The standard InChI is InChI=1S/C16H15F3O/c1-11(2)13-9-6-10-14(16(17,18)19)15(13)20-12-7-4-3-5-8-12/h3-11H,1-2H3. The van der Waals surface area contributed by atoms with Crippen molar-refractivity contribution in [1.29, 1.82) is 0 Å². The van der Waals surface area contributed by atoms with Crippen molar-refractivity contribution < 1.29 is 17.9 Å². The van der Waals surface area contributed by atoms with Gasteiger partial charge in [-0.2, -0.15) is 13.2 Å². The fourth-order valence-electron chi connectivity index (χ4n) is 1.95. The van der Waals surface area contributed by atoms with Gasteiger partial charge in [0.15, 0.2) is 0 Å². The summed E-state index contributed by atoms with van der Waals surface area (Å²) in [7, 11) is 0. The number of rotatable bonds is 3. The van der Waals surface area contributed by atoms with E-state index in [0.717, 1.165) is 6.07 Å². The zero-order valence-corrected chi connectivity index (χ0v) is 11.2. The van der Waals surface area contributed by atoms with Crippen LogP contribution < -0.4 is 4.74 Å². The Balaban J connectivity index is 2.53. The quantitative estimate of drug-likeness (QED) is 0.709. The summed E-state index contributed by atoms with van der Waals surface area (Å²) in [5, 5.41) is 0. The highest BCUT2D eigenvalue weighted by Gasteiger charge is 2.35. The lowest BCUT2D eigenvalue weighted by atomic mass is 9.99. The van der Waals surface area contributed by atoms with E-state index < -0.39 is 11.7 Å². The highest BCUT2D eigenvalue weighted by molar-refractivity contribution is 5.47. The van der Waals surface area contributed by atoms with Crippen LogP contribution in [-0.2, 0) is 6.18 Å². The van der Waals surface area contributed by atoms with Gasteiger partial charge in [-0.15, -0.1) is 0 Å². The van der Waals surface area contributed by atoms with Crippen LogP contribution in [0.1, 0.15) is 30.9 Å². The van der Waals surface area contributed by atoms with Crippen molar-refractivity contribution in [3.63, 3.8) is 0 Å².